The lowest BCUT2D eigenvalue weighted by Gasteiger charge is -2.36. The number of carbonyl (C=O) groups is 2. The SMILES string of the molecule is COc1ccccc1N1CCN(C(=O)CSC2=NNC3C(=O)N(c4ccccc4)C=CN23)CC1. The van der Waals surface area contributed by atoms with Crippen molar-refractivity contribution in [1.29, 1.82) is 0 Å². The second kappa shape index (κ2) is 9.68. The summed E-state index contributed by atoms with van der Waals surface area (Å²) < 4.78 is 5.47. The van der Waals surface area contributed by atoms with E-state index < -0.39 is 6.17 Å². The number of amidine groups is 1. The monoisotopic (exact) mass is 478 g/mol. The van der Waals surface area contributed by atoms with Gasteiger partial charge in [-0.15, -0.1) is 0 Å². The van der Waals surface area contributed by atoms with Crippen molar-refractivity contribution in [1.82, 2.24) is 15.2 Å². The number of benzene rings is 2. The highest BCUT2D eigenvalue weighted by Gasteiger charge is 2.38. The summed E-state index contributed by atoms with van der Waals surface area (Å²) in [4.78, 5) is 33.3. The van der Waals surface area contributed by atoms with Crippen LogP contribution in [0.15, 0.2) is 72.1 Å². The molecule has 3 heterocycles. The summed E-state index contributed by atoms with van der Waals surface area (Å²) in [6.45, 7) is 2.80. The van der Waals surface area contributed by atoms with Gasteiger partial charge in [-0.05, 0) is 24.3 Å². The Bertz CT molecular complexity index is 1120. The van der Waals surface area contributed by atoms with Crippen molar-refractivity contribution < 1.29 is 14.3 Å². The molecular weight excluding hydrogens is 452 g/mol. The minimum atomic E-state index is -0.604. The van der Waals surface area contributed by atoms with Gasteiger partial charge in [-0.2, -0.15) is 5.10 Å². The maximum absolute atomic E-state index is 12.9. The number of methoxy groups -OCH3 is 1. The van der Waals surface area contributed by atoms with Gasteiger partial charge in [0.2, 0.25) is 12.1 Å². The molecule has 0 aromatic heterocycles. The first-order chi connectivity index (χ1) is 16.7. The third-order valence-electron chi connectivity index (χ3n) is 6.05. The molecule has 9 nitrogen and oxygen atoms in total. The van der Waals surface area contributed by atoms with Crippen LogP contribution < -0.4 is 20.0 Å². The zero-order chi connectivity index (χ0) is 23.5. The average molecular weight is 479 g/mol. The lowest BCUT2D eigenvalue weighted by atomic mass is 10.2. The molecule has 10 heteroatoms. The van der Waals surface area contributed by atoms with E-state index in [9.17, 15) is 9.59 Å². The first-order valence-corrected chi connectivity index (χ1v) is 12.1. The second-order valence-corrected chi connectivity index (χ2v) is 8.95. The summed E-state index contributed by atoms with van der Waals surface area (Å²) in [7, 11) is 1.67. The fourth-order valence-electron chi connectivity index (χ4n) is 4.23. The Morgan fingerprint density at radius 1 is 1.06 bits per heavy atom. The van der Waals surface area contributed by atoms with Gasteiger partial charge in [-0.3, -0.25) is 24.8 Å². The Hall–Kier alpha value is -3.66. The molecule has 1 unspecified atom stereocenters. The van der Waals surface area contributed by atoms with Crippen LogP contribution in [0, 0.1) is 0 Å². The Morgan fingerprint density at radius 2 is 1.79 bits per heavy atom. The van der Waals surface area contributed by atoms with Gasteiger partial charge in [0.1, 0.15) is 5.75 Å². The number of hydrogen-bond donors (Lipinski definition) is 1. The Labute approximate surface area is 202 Å². The number of anilines is 2. The Kier molecular flexibility index (Phi) is 6.31. The van der Waals surface area contributed by atoms with Gasteiger partial charge in [0.05, 0.1) is 18.6 Å². The normalized spacial score (nSPS) is 19.6. The predicted molar refractivity (Wildman–Crippen MR) is 134 cm³/mol. The number of ether oxygens (including phenoxy) is 1. The molecule has 176 valence electrons. The van der Waals surface area contributed by atoms with Gasteiger partial charge >= 0.3 is 0 Å². The summed E-state index contributed by atoms with van der Waals surface area (Å²) in [5, 5.41) is 4.92. The molecule has 0 spiro atoms. The summed E-state index contributed by atoms with van der Waals surface area (Å²) in [6, 6.07) is 17.4. The van der Waals surface area contributed by atoms with E-state index >= 15 is 0 Å². The number of amides is 2. The number of nitrogens with zero attached hydrogens (tertiary/aromatic N) is 5. The molecule has 2 amide bonds. The summed E-state index contributed by atoms with van der Waals surface area (Å²) in [6.07, 6.45) is 2.95. The van der Waals surface area contributed by atoms with Crippen LogP contribution in [0.1, 0.15) is 0 Å². The van der Waals surface area contributed by atoms with Crippen LogP contribution in [0.25, 0.3) is 0 Å². The third-order valence-corrected chi connectivity index (χ3v) is 7.00. The van der Waals surface area contributed by atoms with Crippen molar-refractivity contribution in [3.63, 3.8) is 0 Å². The molecule has 0 saturated carbocycles. The van der Waals surface area contributed by atoms with Gasteiger partial charge in [-0.1, -0.05) is 42.1 Å². The number of hydrogen-bond acceptors (Lipinski definition) is 8. The Morgan fingerprint density at radius 3 is 2.56 bits per heavy atom. The van der Waals surface area contributed by atoms with E-state index in [1.165, 1.54) is 11.8 Å². The molecule has 1 atom stereocenters. The van der Waals surface area contributed by atoms with Crippen molar-refractivity contribution in [2.45, 2.75) is 6.17 Å². The molecule has 5 rings (SSSR count). The third kappa shape index (κ3) is 4.28. The van der Waals surface area contributed by atoms with Crippen molar-refractivity contribution >= 4 is 40.1 Å². The molecule has 2 aromatic rings. The number of rotatable bonds is 5. The second-order valence-electron chi connectivity index (χ2n) is 8.00. The van der Waals surface area contributed by atoms with E-state index in [0.717, 1.165) is 30.2 Å². The average Bonchev–Trinajstić information content (AvgIpc) is 3.32. The topological polar surface area (TPSA) is 80.7 Å². The van der Waals surface area contributed by atoms with Crippen LogP contribution in [0.4, 0.5) is 11.4 Å². The van der Waals surface area contributed by atoms with Crippen molar-refractivity contribution in [2.24, 2.45) is 5.10 Å². The van der Waals surface area contributed by atoms with Gasteiger partial charge in [0.25, 0.3) is 5.91 Å². The number of hydrazone groups is 1. The molecule has 0 aliphatic carbocycles. The predicted octanol–water partition coefficient (Wildman–Crippen LogP) is 2.10. The van der Waals surface area contributed by atoms with Gasteiger partial charge < -0.3 is 14.5 Å². The maximum atomic E-state index is 12.9. The van der Waals surface area contributed by atoms with E-state index in [2.05, 4.69) is 15.4 Å². The lowest BCUT2D eigenvalue weighted by Crippen LogP contribution is -2.52. The van der Waals surface area contributed by atoms with E-state index in [0.29, 0.717) is 18.3 Å². The summed E-state index contributed by atoms with van der Waals surface area (Å²) in [5.41, 5.74) is 4.75. The highest BCUT2D eigenvalue weighted by molar-refractivity contribution is 8.14. The van der Waals surface area contributed by atoms with E-state index in [1.54, 1.807) is 23.1 Å². The van der Waals surface area contributed by atoms with Crippen LogP contribution in [0.2, 0.25) is 0 Å². The molecule has 1 fully saturated rings. The molecule has 3 aliphatic rings. The smallest absolute Gasteiger partial charge is 0.276 e. The molecule has 3 aliphatic heterocycles. The quantitative estimate of drug-likeness (QED) is 0.705. The highest BCUT2D eigenvalue weighted by Crippen LogP contribution is 2.29. The molecular formula is C24H26N6O3S. The summed E-state index contributed by atoms with van der Waals surface area (Å²) >= 11 is 1.34. The number of piperazine rings is 1. The van der Waals surface area contributed by atoms with Crippen molar-refractivity contribution in [3.05, 3.63) is 67.0 Å². The zero-order valence-corrected chi connectivity index (χ0v) is 19.6. The van der Waals surface area contributed by atoms with E-state index in [-0.39, 0.29) is 17.6 Å². The first-order valence-electron chi connectivity index (χ1n) is 11.1. The number of nitrogens with one attached hydrogen (secondary N) is 1. The molecule has 2 aromatic carbocycles. The summed E-state index contributed by atoms with van der Waals surface area (Å²) in [5.74, 6) is 1.05. The van der Waals surface area contributed by atoms with Crippen LogP contribution in [0.5, 0.6) is 5.75 Å². The molecule has 1 N–H and O–H groups in total. The standard InChI is InChI=1S/C24H26N6O3S/c1-33-20-10-6-5-9-19(20)27-11-13-28(14-12-27)21(31)17-34-24-26-25-22-23(32)29(15-16-30(22)24)18-7-3-2-4-8-18/h2-10,15-16,22,25H,11-14,17H2,1H3. The van der Waals surface area contributed by atoms with Gasteiger partial charge in [0, 0.05) is 44.3 Å². The fourth-order valence-corrected chi connectivity index (χ4v) is 5.10. The number of thioether (sulfide) groups is 1. The van der Waals surface area contributed by atoms with Crippen LogP contribution in [-0.4, -0.2) is 72.0 Å². The van der Waals surface area contributed by atoms with Crippen LogP contribution >= 0.6 is 11.8 Å². The lowest BCUT2D eigenvalue weighted by molar-refractivity contribution is -0.128. The maximum Gasteiger partial charge on any atom is 0.276 e. The first kappa shape index (κ1) is 22.1. The van der Waals surface area contributed by atoms with E-state index in [4.69, 9.17) is 4.74 Å². The zero-order valence-electron chi connectivity index (χ0n) is 18.8. The minimum Gasteiger partial charge on any atom is -0.495 e. The molecule has 1 saturated heterocycles. The number of carbonyl (C=O) groups excluding carboxylic acids is 2. The minimum absolute atomic E-state index is 0.0639. The fraction of sp³-hybridized carbons (Fsp3) is 0.292. The number of para-hydroxylation sites is 3. The van der Waals surface area contributed by atoms with E-state index in [1.807, 2.05) is 65.7 Å². The Balaban J connectivity index is 1.14. The molecule has 34 heavy (non-hydrogen) atoms. The molecule has 0 radical (unpaired) electrons. The van der Waals surface area contributed by atoms with Gasteiger partial charge in [0.15, 0.2) is 5.17 Å². The van der Waals surface area contributed by atoms with Gasteiger partial charge in [-0.25, -0.2) is 0 Å². The largest absolute Gasteiger partial charge is 0.495 e. The van der Waals surface area contributed by atoms with Crippen LogP contribution in [0.3, 0.4) is 0 Å². The van der Waals surface area contributed by atoms with Crippen molar-refractivity contribution in [2.75, 3.05) is 48.8 Å². The van der Waals surface area contributed by atoms with Crippen molar-refractivity contribution in [3.8, 4) is 5.75 Å². The number of fused-ring (bicyclic) bond motifs is 1. The highest BCUT2D eigenvalue weighted by atomic mass is 32.2. The molecule has 0 bridgehead atoms. The van der Waals surface area contributed by atoms with Crippen LogP contribution in [-0.2, 0) is 9.59 Å².